The summed E-state index contributed by atoms with van der Waals surface area (Å²) in [5.41, 5.74) is 5.59. The maximum Gasteiger partial charge on any atom is 0.0688 e. The van der Waals surface area contributed by atoms with Gasteiger partial charge >= 0.3 is 0 Å². The minimum Gasteiger partial charge on any atom is -0.286 e. The smallest absolute Gasteiger partial charge is 0.0688 e. The number of benzene rings is 2. The van der Waals surface area contributed by atoms with Crippen molar-refractivity contribution in [2.75, 3.05) is 0 Å². The normalized spacial score (nSPS) is 34.3. The highest BCUT2D eigenvalue weighted by atomic mass is 15.6. The van der Waals surface area contributed by atoms with Crippen LogP contribution in [0.2, 0.25) is 0 Å². The third-order valence-electron chi connectivity index (χ3n) is 7.88. The molecule has 2 heterocycles. The summed E-state index contributed by atoms with van der Waals surface area (Å²) >= 11 is 0. The molecule has 148 valence electrons. The Morgan fingerprint density at radius 2 is 1.14 bits per heavy atom. The lowest BCUT2D eigenvalue weighted by Crippen LogP contribution is -2.60. The van der Waals surface area contributed by atoms with Crippen LogP contribution in [-0.2, 0) is 13.1 Å². The van der Waals surface area contributed by atoms with Crippen molar-refractivity contribution in [2.24, 2.45) is 22.0 Å². The number of hydrogen-bond acceptors (Lipinski definition) is 4. The molecular weight excluding hydrogens is 356 g/mol. The zero-order chi connectivity index (χ0) is 19.6. The molecule has 0 saturated heterocycles. The molecule has 6 rings (SSSR count). The summed E-state index contributed by atoms with van der Waals surface area (Å²) in [6.07, 6.45) is 3.26. The van der Waals surface area contributed by atoms with Crippen molar-refractivity contribution < 1.29 is 0 Å². The van der Waals surface area contributed by atoms with E-state index in [1.54, 1.807) is 0 Å². The third kappa shape index (κ3) is 2.44. The monoisotopic (exact) mass is 384 g/mol. The van der Waals surface area contributed by atoms with Crippen LogP contribution in [0.4, 0.5) is 0 Å². The molecule has 0 radical (unpaired) electrons. The molecule has 2 bridgehead atoms. The van der Waals surface area contributed by atoms with Gasteiger partial charge < -0.3 is 0 Å². The summed E-state index contributed by atoms with van der Waals surface area (Å²) in [7, 11) is 0. The van der Waals surface area contributed by atoms with Crippen molar-refractivity contribution in [3.05, 3.63) is 71.8 Å². The first-order chi connectivity index (χ1) is 14.1. The van der Waals surface area contributed by atoms with Crippen molar-refractivity contribution in [2.45, 2.75) is 57.3 Å². The van der Waals surface area contributed by atoms with Gasteiger partial charge in [0, 0.05) is 36.1 Å². The molecular formula is C25H28N4. The van der Waals surface area contributed by atoms with E-state index in [-0.39, 0.29) is 11.1 Å². The molecule has 4 heteroatoms. The standard InChI is InChI=1S/C25H28N4/c1-24-14-22-21-13-20(24)23(26-28(24)16-18-9-5-3-6-10-18)15-25(21,2)29(27-22)17-19-11-7-4-8-12-19/h3-12,20-21H,13-17H2,1-2H3/t20-,21-,24-,25+/m1/s1. The minimum absolute atomic E-state index is 0.0601. The molecule has 2 aromatic carbocycles. The zero-order valence-corrected chi connectivity index (χ0v) is 17.3. The van der Waals surface area contributed by atoms with E-state index in [9.17, 15) is 0 Å². The second-order valence-corrected chi connectivity index (χ2v) is 9.68. The number of hydrogen-bond donors (Lipinski definition) is 0. The van der Waals surface area contributed by atoms with Crippen LogP contribution in [0.25, 0.3) is 0 Å². The molecule has 2 aliphatic heterocycles. The van der Waals surface area contributed by atoms with Crippen LogP contribution >= 0.6 is 0 Å². The van der Waals surface area contributed by atoms with E-state index >= 15 is 0 Å². The van der Waals surface area contributed by atoms with Gasteiger partial charge in [-0.15, -0.1) is 0 Å². The molecule has 4 atom stereocenters. The lowest BCUT2D eigenvalue weighted by molar-refractivity contribution is 0.0429. The Labute approximate surface area is 172 Å². The third-order valence-corrected chi connectivity index (χ3v) is 7.88. The lowest BCUT2D eigenvalue weighted by Gasteiger charge is -2.51. The van der Waals surface area contributed by atoms with E-state index in [0.29, 0.717) is 11.8 Å². The maximum absolute atomic E-state index is 5.23. The highest BCUT2D eigenvalue weighted by Crippen LogP contribution is 2.57. The topological polar surface area (TPSA) is 31.2 Å². The lowest BCUT2D eigenvalue weighted by atomic mass is 9.57. The molecule has 0 aromatic heterocycles. The summed E-state index contributed by atoms with van der Waals surface area (Å²) in [6, 6.07) is 21.5. The SMILES string of the molecule is C[C@@]12CC3=NN(Cc4ccccc4)[C@]4(C)CC(=NN1Cc1ccccc1)[C@H]2C[C@H]34. The van der Waals surface area contributed by atoms with Crippen LogP contribution in [0.5, 0.6) is 0 Å². The Morgan fingerprint density at radius 1 is 0.724 bits per heavy atom. The predicted molar refractivity (Wildman–Crippen MR) is 116 cm³/mol. The summed E-state index contributed by atoms with van der Waals surface area (Å²) in [5.74, 6) is 1.14. The van der Waals surface area contributed by atoms with Gasteiger partial charge in [0.1, 0.15) is 0 Å². The molecule has 0 unspecified atom stereocenters. The first-order valence-corrected chi connectivity index (χ1v) is 10.8. The average molecular weight is 385 g/mol. The zero-order valence-electron chi connectivity index (χ0n) is 17.3. The molecule has 2 fully saturated rings. The molecule has 2 saturated carbocycles. The summed E-state index contributed by atoms with van der Waals surface area (Å²) < 4.78 is 0. The fraction of sp³-hybridized carbons (Fsp3) is 0.440. The quantitative estimate of drug-likeness (QED) is 0.767. The van der Waals surface area contributed by atoms with Crippen molar-refractivity contribution in [3.8, 4) is 0 Å². The predicted octanol–water partition coefficient (Wildman–Crippen LogP) is 4.68. The summed E-state index contributed by atoms with van der Waals surface area (Å²) in [4.78, 5) is 0. The first kappa shape index (κ1) is 17.3. The van der Waals surface area contributed by atoms with Crippen LogP contribution in [0, 0.1) is 11.8 Å². The van der Waals surface area contributed by atoms with E-state index in [1.165, 1.54) is 29.0 Å². The molecule has 0 N–H and O–H groups in total. The highest BCUT2D eigenvalue weighted by molar-refractivity contribution is 6.01. The fourth-order valence-corrected chi connectivity index (χ4v) is 6.20. The van der Waals surface area contributed by atoms with E-state index in [0.717, 1.165) is 25.9 Å². The van der Waals surface area contributed by atoms with E-state index < -0.39 is 0 Å². The van der Waals surface area contributed by atoms with Crippen molar-refractivity contribution in [3.63, 3.8) is 0 Å². The number of nitrogens with zero attached hydrogens (tertiary/aromatic N) is 4. The Balaban J connectivity index is 1.34. The Morgan fingerprint density at radius 3 is 1.55 bits per heavy atom. The number of hydrazone groups is 2. The van der Waals surface area contributed by atoms with Gasteiger partial charge in [-0.05, 0) is 31.4 Å². The first-order valence-electron chi connectivity index (χ1n) is 10.8. The van der Waals surface area contributed by atoms with Gasteiger partial charge in [-0.25, -0.2) is 0 Å². The van der Waals surface area contributed by atoms with Crippen molar-refractivity contribution in [1.82, 2.24) is 10.0 Å². The minimum atomic E-state index is 0.0601. The van der Waals surface area contributed by atoms with Crippen LogP contribution in [0.15, 0.2) is 70.9 Å². The van der Waals surface area contributed by atoms with Crippen LogP contribution in [0.1, 0.15) is 44.2 Å². The fourth-order valence-electron chi connectivity index (χ4n) is 6.20. The van der Waals surface area contributed by atoms with Crippen LogP contribution in [-0.4, -0.2) is 32.5 Å². The molecule has 4 nitrogen and oxygen atoms in total. The van der Waals surface area contributed by atoms with Crippen molar-refractivity contribution in [1.29, 1.82) is 0 Å². The van der Waals surface area contributed by atoms with Gasteiger partial charge in [0.2, 0.25) is 0 Å². The molecule has 4 aliphatic rings. The van der Waals surface area contributed by atoms with Gasteiger partial charge in [0.15, 0.2) is 0 Å². The van der Waals surface area contributed by atoms with Gasteiger partial charge in [-0.3, -0.25) is 10.0 Å². The largest absolute Gasteiger partial charge is 0.286 e. The second kappa shape index (κ2) is 5.94. The van der Waals surface area contributed by atoms with Gasteiger partial charge in [-0.1, -0.05) is 60.7 Å². The summed E-state index contributed by atoms with van der Waals surface area (Å²) in [5, 5.41) is 15.2. The van der Waals surface area contributed by atoms with E-state index in [4.69, 9.17) is 10.2 Å². The average Bonchev–Trinajstić information content (AvgIpc) is 3.16. The Bertz CT molecular complexity index is 916. The molecule has 0 spiro atoms. The molecule has 2 aliphatic carbocycles. The Hall–Kier alpha value is -2.62. The van der Waals surface area contributed by atoms with Crippen LogP contribution < -0.4 is 0 Å². The molecule has 2 aromatic rings. The number of rotatable bonds is 4. The molecule has 29 heavy (non-hydrogen) atoms. The second-order valence-electron chi connectivity index (χ2n) is 9.68. The van der Waals surface area contributed by atoms with Gasteiger partial charge in [0.05, 0.1) is 24.2 Å². The maximum atomic E-state index is 5.23. The molecule has 0 amide bonds. The van der Waals surface area contributed by atoms with Crippen molar-refractivity contribution >= 4 is 11.4 Å². The highest BCUT2D eigenvalue weighted by Gasteiger charge is 2.63. The van der Waals surface area contributed by atoms with Gasteiger partial charge in [-0.2, -0.15) is 10.2 Å². The van der Waals surface area contributed by atoms with E-state index in [2.05, 4.69) is 84.5 Å². The summed E-state index contributed by atoms with van der Waals surface area (Å²) in [6.45, 7) is 6.61. The van der Waals surface area contributed by atoms with Crippen LogP contribution in [0.3, 0.4) is 0 Å². The van der Waals surface area contributed by atoms with E-state index in [1.807, 2.05) is 0 Å². The Kier molecular flexibility index (Phi) is 3.54. The van der Waals surface area contributed by atoms with Gasteiger partial charge in [0.25, 0.3) is 0 Å².